The molecule has 0 radical (unpaired) electrons. The van der Waals surface area contributed by atoms with Crippen LogP contribution in [-0.4, -0.2) is 55.5 Å². The number of benzene rings is 2. The summed E-state index contributed by atoms with van der Waals surface area (Å²) in [5, 5.41) is 0.677. The number of carbonyl (C=O) groups is 1. The Hall–Kier alpha value is -2.24. The number of rotatable bonds is 7. The average Bonchev–Trinajstić information content (AvgIpc) is 3.09. The lowest BCUT2D eigenvalue weighted by Gasteiger charge is -2.36. The van der Waals surface area contributed by atoms with E-state index in [-0.39, 0.29) is 5.92 Å². The van der Waals surface area contributed by atoms with Gasteiger partial charge in [-0.3, -0.25) is 9.69 Å². The zero-order valence-electron chi connectivity index (χ0n) is 22.8. The Morgan fingerprint density at radius 2 is 2.03 bits per heavy atom. The van der Waals surface area contributed by atoms with E-state index in [4.69, 9.17) is 16.3 Å². The maximum absolute atomic E-state index is 13.9. The molecule has 1 fully saturated rings. The van der Waals surface area contributed by atoms with Gasteiger partial charge in [0.05, 0.1) is 17.5 Å². The number of likely N-dealkylation sites (tertiary alicyclic amines) is 1. The number of likely N-dealkylation sites (N-methyl/N-ethyl adjacent to an activating group) is 1. The summed E-state index contributed by atoms with van der Waals surface area (Å²) in [6.07, 6.45) is 6.31. The highest BCUT2D eigenvalue weighted by Crippen LogP contribution is 2.35. The molecular formula is C31H42ClN3O2. The summed E-state index contributed by atoms with van der Waals surface area (Å²) < 4.78 is 5.92. The van der Waals surface area contributed by atoms with Crippen molar-refractivity contribution in [3.8, 4) is 5.75 Å². The number of amides is 1. The average molecular weight is 524 g/mol. The van der Waals surface area contributed by atoms with E-state index in [2.05, 4.69) is 59.9 Å². The highest BCUT2D eigenvalue weighted by atomic mass is 35.5. The van der Waals surface area contributed by atoms with Crippen LogP contribution in [0.2, 0.25) is 5.02 Å². The lowest BCUT2D eigenvalue weighted by atomic mass is 9.94. The van der Waals surface area contributed by atoms with E-state index in [1.807, 2.05) is 6.07 Å². The first kappa shape index (κ1) is 26.4. The van der Waals surface area contributed by atoms with E-state index in [0.29, 0.717) is 23.4 Å². The predicted molar refractivity (Wildman–Crippen MR) is 152 cm³/mol. The van der Waals surface area contributed by atoms with Gasteiger partial charge in [0.25, 0.3) is 0 Å². The minimum Gasteiger partial charge on any atom is -0.492 e. The number of aryl methyl sites for hydroxylation is 1. The number of anilines is 1. The summed E-state index contributed by atoms with van der Waals surface area (Å²) in [6.45, 7) is 10.4. The van der Waals surface area contributed by atoms with Crippen molar-refractivity contribution < 1.29 is 9.53 Å². The predicted octanol–water partition coefficient (Wildman–Crippen LogP) is 5.94. The van der Waals surface area contributed by atoms with Crippen molar-refractivity contribution in [2.45, 2.75) is 65.5 Å². The van der Waals surface area contributed by atoms with Crippen LogP contribution in [0.4, 0.5) is 5.69 Å². The van der Waals surface area contributed by atoms with Crippen LogP contribution < -0.4 is 9.64 Å². The Bertz CT molecular complexity index is 1120. The van der Waals surface area contributed by atoms with Crippen LogP contribution in [0.1, 0.15) is 61.8 Å². The molecule has 0 saturated carbocycles. The van der Waals surface area contributed by atoms with Gasteiger partial charge in [0.1, 0.15) is 5.75 Å². The third kappa shape index (κ3) is 6.09. The van der Waals surface area contributed by atoms with Crippen LogP contribution in [-0.2, 0) is 30.7 Å². The van der Waals surface area contributed by atoms with E-state index >= 15 is 0 Å². The maximum Gasteiger partial charge on any atom is 0.227 e. The number of hydrogen-bond acceptors (Lipinski definition) is 4. The number of hydrogen-bond donors (Lipinski definition) is 0. The monoisotopic (exact) mass is 523 g/mol. The molecule has 3 aliphatic rings. The number of fused-ring (bicyclic) bond motifs is 2. The van der Waals surface area contributed by atoms with Crippen LogP contribution in [0.25, 0.3) is 0 Å². The van der Waals surface area contributed by atoms with Crippen molar-refractivity contribution in [1.29, 1.82) is 0 Å². The zero-order valence-corrected chi connectivity index (χ0v) is 23.5. The van der Waals surface area contributed by atoms with E-state index in [1.54, 1.807) is 0 Å². The highest BCUT2D eigenvalue weighted by molar-refractivity contribution is 6.32. The van der Waals surface area contributed by atoms with Crippen molar-refractivity contribution in [2.75, 3.05) is 44.7 Å². The molecule has 0 unspecified atom stereocenters. The summed E-state index contributed by atoms with van der Waals surface area (Å²) in [7, 11) is 2.18. The first-order valence-electron chi connectivity index (χ1n) is 14.2. The fourth-order valence-electron chi connectivity index (χ4n) is 6.35. The lowest BCUT2D eigenvalue weighted by molar-refractivity contribution is -0.138. The van der Waals surface area contributed by atoms with Crippen molar-refractivity contribution in [1.82, 2.24) is 9.80 Å². The van der Waals surface area contributed by atoms with Crippen LogP contribution in [0.5, 0.6) is 5.75 Å². The molecule has 37 heavy (non-hydrogen) atoms. The SMILES string of the molecule is CC(C)CN(Cc1cc(Cl)c2c(c1)CCCCO2)C(=O)[C@@H]1CCCN(Cc2cccc3c2CCN3C)C1. The van der Waals surface area contributed by atoms with Crippen LogP contribution in [0, 0.1) is 11.8 Å². The fourth-order valence-corrected chi connectivity index (χ4v) is 6.67. The Morgan fingerprint density at radius 3 is 2.86 bits per heavy atom. The Morgan fingerprint density at radius 1 is 1.16 bits per heavy atom. The smallest absolute Gasteiger partial charge is 0.227 e. The molecule has 0 aliphatic carbocycles. The van der Waals surface area contributed by atoms with Gasteiger partial charge in [0.15, 0.2) is 0 Å². The van der Waals surface area contributed by atoms with E-state index in [9.17, 15) is 4.79 Å². The molecule has 1 atom stereocenters. The highest BCUT2D eigenvalue weighted by Gasteiger charge is 2.31. The topological polar surface area (TPSA) is 36.0 Å². The third-order valence-corrected chi connectivity index (χ3v) is 8.42. The number of nitrogens with zero attached hydrogens (tertiary/aromatic N) is 3. The van der Waals surface area contributed by atoms with Crippen molar-refractivity contribution in [3.63, 3.8) is 0 Å². The Balaban J connectivity index is 1.29. The number of ether oxygens (including phenoxy) is 1. The first-order chi connectivity index (χ1) is 17.9. The van der Waals surface area contributed by atoms with Crippen LogP contribution in [0.15, 0.2) is 30.3 Å². The summed E-state index contributed by atoms with van der Waals surface area (Å²) in [4.78, 5) is 20.9. The summed E-state index contributed by atoms with van der Waals surface area (Å²) in [5.74, 6) is 1.59. The van der Waals surface area contributed by atoms with Crippen molar-refractivity contribution in [3.05, 3.63) is 57.6 Å². The molecular weight excluding hydrogens is 482 g/mol. The molecule has 5 rings (SSSR count). The molecule has 0 spiro atoms. The van der Waals surface area contributed by atoms with E-state index < -0.39 is 0 Å². The van der Waals surface area contributed by atoms with Crippen molar-refractivity contribution >= 4 is 23.2 Å². The summed E-state index contributed by atoms with van der Waals surface area (Å²) in [5.41, 5.74) is 6.58. The standard InChI is InChI=1S/C31H42ClN3O2/c1-22(2)18-35(19-23-16-24-8-4-5-15-37-30(24)28(32)17-23)31(36)26-10-7-13-34(21-26)20-25-9-6-11-29-27(25)12-14-33(29)3/h6,9,11,16-17,22,26H,4-5,7-8,10,12-15,18-21H2,1-3H3/t26-/m1/s1. The quantitative estimate of drug-likeness (QED) is 0.449. The minimum atomic E-state index is 0.0477. The molecule has 1 amide bonds. The lowest BCUT2D eigenvalue weighted by Crippen LogP contribution is -2.45. The van der Waals surface area contributed by atoms with Gasteiger partial charge >= 0.3 is 0 Å². The number of piperidine rings is 1. The summed E-state index contributed by atoms with van der Waals surface area (Å²) >= 11 is 6.64. The van der Waals surface area contributed by atoms with Crippen LogP contribution >= 0.6 is 11.6 Å². The van der Waals surface area contributed by atoms with Gasteiger partial charge in [-0.05, 0) is 85.4 Å². The molecule has 200 valence electrons. The molecule has 1 saturated heterocycles. The third-order valence-electron chi connectivity index (χ3n) is 8.14. The molecule has 0 bridgehead atoms. The molecule has 0 N–H and O–H groups in total. The summed E-state index contributed by atoms with van der Waals surface area (Å²) in [6, 6.07) is 10.9. The van der Waals surface area contributed by atoms with Gasteiger partial charge in [-0.25, -0.2) is 0 Å². The van der Waals surface area contributed by atoms with E-state index in [1.165, 1.54) is 22.4 Å². The number of halogens is 1. The minimum absolute atomic E-state index is 0.0477. The van der Waals surface area contributed by atoms with Gasteiger partial charge < -0.3 is 14.5 Å². The van der Waals surface area contributed by atoms with Gasteiger partial charge in [-0.1, -0.05) is 43.6 Å². The second-order valence-corrected chi connectivity index (χ2v) is 12.1. The Kier molecular flexibility index (Phi) is 8.31. The molecule has 3 heterocycles. The second kappa shape index (κ2) is 11.7. The number of carbonyl (C=O) groups excluding carboxylic acids is 1. The van der Waals surface area contributed by atoms with Crippen LogP contribution in [0.3, 0.4) is 0 Å². The second-order valence-electron chi connectivity index (χ2n) is 11.6. The van der Waals surface area contributed by atoms with Gasteiger partial charge in [0, 0.05) is 45.5 Å². The zero-order chi connectivity index (χ0) is 25.9. The van der Waals surface area contributed by atoms with Gasteiger partial charge in [-0.2, -0.15) is 0 Å². The molecule has 5 nitrogen and oxygen atoms in total. The maximum atomic E-state index is 13.9. The molecule has 2 aromatic rings. The Labute approximate surface area is 227 Å². The van der Waals surface area contributed by atoms with E-state index in [0.717, 1.165) is 89.2 Å². The molecule has 2 aromatic carbocycles. The van der Waals surface area contributed by atoms with Gasteiger partial charge in [-0.15, -0.1) is 0 Å². The first-order valence-corrected chi connectivity index (χ1v) is 14.5. The fraction of sp³-hybridized carbons (Fsp3) is 0.581. The largest absolute Gasteiger partial charge is 0.492 e. The normalized spacial score (nSPS) is 19.8. The molecule has 3 aliphatic heterocycles. The van der Waals surface area contributed by atoms with Gasteiger partial charge in [0.2, 0.25) is 5.91 Å². The molecule has 6 heteroatoms. The van der Waals surface area contributed by atoms with Crippen molar-refractivity contribution in [2.24, 2.45) is 11.8 Å². The molecule has 0 aromatic heterocycles.